The Balaban J connectivity index is 1.49. The van der Waals surface area contributed by atoms with Crippen molar-refractivity contribution >= 4 is 45.8 Å². The lowest BCUT2D eigenvalue weighted by Gasteiger charge is -2.18. The van der Waals surface area contributed by atoms with Gasteiger partial charge in [-0.25, -0.2) is 14.4 Å². The second-order valence-electron chi connectivity index (χ2n) is 8.01. The van der Waals surface area contributed by atoms with Crippen LogP contribution in [0.2, 0.25) is 5.02 Å². The molecule has 7 nitrogen and oxygen atoms in total. The lowest BCUT2D eigenvalue weighted by atomic mass is 9.99. The van der Waals surface area contributed by atoms with Crippen LogP contribution in [0.1, 0.15) is 22.8 Å². The highest BCUT2D eigenvalue weighted by atomic mass is 35.5. The van der Waals surface area contributed by atoms with Crippen LogP contribution in [-0.2, 0) is 11.0 Å². The van der Waals surface area contributed by atoms with Crippen molar-refractivity contribution in [2.45, 2.75) is 13.1 Å². The van der Waals surface area contributed by atoms with Crippen molar-refractivity contribution in [1.82, 2.24) is 9.97 Å². The molecule has 2 N–H and O–H groups in total. The minimum absolute atomic E-state index is 0.0414. The average molecular weight is 529 g/mol. The number of halogens is 5. The maximum Gasteiger partial charge on any atom is 0.419 e. The van der Waals surface area contributed by atoms with E-state index in [0.717, 1.165) is 17.4 Å². The number of rotatable bonds is 5. The summed E-state index contributed by atoms with van der Waals surface area (Å²) in [5, 5.41) is 13.3. The molecule has 4 rings (SSSR count). The molecule has 1 aliphatic heterocycles. The van der Waals surface area contributed by atoms with Crippen LogP contribution in [0, 0.1) is 17.7 Å². The van der Waals surface area contributed by atoms with Gasteiger partial charge in [0.1, 0.15) is 11.6 Å². The lowest BCUT2D eigenvalue weighted by molar-refractivity contribution is -0.142. The van der Waals surface area contributed by atoms with Gasteiger partial charge in [-0.2, -0.15) is 13.2 Å². The van der Waals surface area contributed by atoms with Gasteiger partial charge in [-0.3, -0.25) is 14.9 Å². The Kier molecular flexibility index (Phi) is 6.69. The molecular formula is C22H17ClF4N4O3S. The third-order valence-corrected chi connectivity index (χ3v) is 6.65. The van der Waals surface area contributed by atoms with Crippen LogP contribution in [0.25, 0.3) is 11.3 Å². The number of thiazole rings is 1. The smallest absolute Gasteiger partial charge is 0.419 e. The number of carboxylic acid groups (broad SMARTS) is 1. The fourth-order valence-electron chi connectivity index (χ4n) is 3.82. The highest BCUT2D eigenvalue weighted by molar-refractivity contribution is 7.14. The number of carbonyl (C=O) groups excluding carboxylic acids is 1. The number of nitrogens with zero attached hydrogens (tertiary/aromatic N) is 3. The van der Waals surface area contributed by atoms with Gasteiger partial charge in [0.05, 0.1) is 27.8 Å². The van der Waals surface area contributed by atoms with Gasteiger partial charge in [-0.15, -0.1) is 11.3 Å². The Bertz CT molecular complexity index is 1300. The summed E-state index contributed by atoms with van der Waals surface area (Å²) in [5.41, 5.74) is -1.72. The zero-order chi connectivity index (χ0) is 25.5. The predicted octanol–water partition coefficient (Wildman–Crippen LogP) is 5.43. The standard InChI is InChI=1S/C22H17ClF4N4O3S/c1-10-7-31(8-13(10)20(33)34)18-15(23)5-11(6-28-18)19(32)30-21-29-16(9-35-21)12-3-2-4-14(17(12)24)22(25,26)27/h2-6,9-10,13H,7-8H2,1H3,(H,33,34)(H,29,30,32)/t10-,13?/m0/s1. The number of carbonyl (C=O) groups is 2. The van der Waals surface area contributed by atoms with Gasteiger partial charge in [0.25, 0.3) is 5.91 Å². The summed E-state index contributed by atoms with van der Waals surface area (Å²) in [7, 11) is 0. The molecule has 3 aromatic rings. The Morgan fingerprint density at radius 2 is 2.03 bits per heavy atom. The average Bonchev–Trinajstić information content (AvgIpc) is 3.39. The van der Waals surface area contributed by atoms with Crippen LogP contribution >= 0.6 is 22.9 Å². The van der Waals surface area contributed by atoms with E-state index in [2.05, 4.69) is 15.3 Å². The highest BCUT2D eigenvalue weighted by Crippen LogP contribution is 2.36. The number of anilines is 2. The summed E-state index contributed by atoms with van der Waals surface area (Å²) in [5.74, 6) is -3.29. The Hall–Kier alpha value is -3.25. The van der Waals surface area contributed by atoms with Gasteiger partial charge < -0.3 is 10.0 Å². The largest absolute Gasteiger partial charge is 0.481 e. The van der Waals surface area contributed by atoms with Gasteiger partial charge in [-0.1, -0.05) is 24.6 Å². The van der Waals surface area contributed by atoms with Crippen molar-refractivity contribution < 1.29 is 32.3 Å². The van der Waals surface area contributed by atoms with Crippen LogP contribution in [0.15, 0.2) is 35.8 Å². The zero-order valence-electron chi connectivity index (χ0n) is 17.9. The summed E-state index contributed by atoms with van der Waals surface area (Å²) >= 11 is 7.22. The maximum absolute atomic E-state index is 14.4. The molecule has 1 fully saturated rings. The van der Waals surface area contributed by atoms with E-state index in [4.69, 9.17) is 11.6 Å². The van der Waals surface area contributed by atoms with Crippen molar-refractivity contribution in [2.24, 2.45) is 11.8 Å². The van der Waals surface area contributed by atoms with Crippen molar-refractivity contribution in [3.63, 3.8) is 0 Å². The van der Waals surface area contributed by atoms with Crippen molar-refractivity contribution in [3.8, 4) is 11.3 Å². The first-order valence-electron chi connectivity index (χ1n) is 10.2. The normalized spacial score (nSPS) is 18.1. The molecule has 0 saturated carbocycles. The number of hydrogen-bond donors (Lipinski definition) is 2. The van der Waals surface area contributed by atoms with Crippen LogP contribution in [0.4, 0.5) is 28.5 Å². The molecule has 3 heterocycles. The van der Waals surface area contributed by atoms with E-state index in [0.29, 0.717) is 18.4 Å². The van der Waals surface area contributed by atoms with Crippen molar-refractivity contribution in [2.75, 3.05) is 23.3 Å². The van der Waals surface area contributed by atoms with Crippen molar-refractivity contribution in [3.05, 3.63) is 57.8 Å². The van der Waals surface area contributed by atoms with E-state index in [-0.39, 0.29) is 39.4 Å². The summed E-state index contributed by atoms with van der Waals surface area (Å²) in [6.07, 6.45) is -3.58. The fraction of sp³-hybridized carbons (Fsp3) is 0.273. The molecule has 1 aliphatic rings. The molecular weight excluding hydrogens is 512 g/mol. The van der Waals surface area contributed by atoms with Crippen LogP contribution in [0.5, 0.6) is 0 Å². The molecule has 1 aromatic carbocycles. The van der Waals surface area contributed by atoms with Gasteiger partial charge in [0.2, 0.25) is 0 Å². The fourth-order valence-corrected chi connectivity index (χ4v) is 4.81. The number of benzene rings is 1. The SMILES string of the molecule is C[C@H]1CN(c2ncc(C(=O)Nc3nc(-c4cccc(C(F)(F)F)c4F)cs3)cc2Cl)CC1C(=O)O. The molecule has 0 aliphatic carbocycles. The number of carboxylic acids is 1. The lowest BCUT2D eigenvalue weighted by Crippen LogP contribution is -2.24. The molecule has 1 amide bonds. The van der Waals surface area contributed by atoms with Gasteiger partial charge in [0, 0.05) is 30.2 Å². The van der Waals surface area contributed by atoms with Gasteiger partial charge in [-0.05, 0) is 24.1 Å². The monoisotopic (exact) mass is 528 g/mol. The summed E-state index contributed by atoms with van der Waals surface area (Å²) < 4.78 is 53.3. The predicted molar refractivity (Wildman–Crippen MR) is 122 cm³/mol. The Labute approximate surface area is 205 Å². The van der Waals surface area contributed by atoms with Crippen molar-refractivity contribution in [1.29, 1.82) is 0 Å². The number of alkyl halides is 3. The second kappa shape index (κ2) is 9.42. The van der Waals surface area contributed by atoms with Gasteiger partial charge >= 0.3 is 12.1 Å². The van der Waals surface area contributed by atoms with E-state index in [9.17, 15) is 32.3 Å². The van der Waals surface area contributed by atoms with Crippen LogP contribution in [-0.4, -0.2) is 40.0 Å². The van der Waals surface area contributed by atoms with E-state index >= 15 is 0 Å². The molecule has 1 saturated heterocycles. The van der Waals surface area contributed by atoms with Gasteiger partial charge in [0.15, 0.2) is 5.13 Å². The highest BCUT2D eigenvalue weighted by Gasteiger charge is 2.36. The first-order valence-corrected chi connectivity index (χ1v) is 11.5. The van der Waals surface area contributed by atoms with E-state index in [1.165, 1.54) is 23.7 Å². The minimum atomic E-state index is -4.85. The second-order valence-corrected chi connectivity index (χ2v) is 9.28. The topological polar surface area (TPSA) is 95.4 Å². The number of aliphatic carboxylic acids is 1. The first kappa shape index (κ1) is 24.9. The number of hydrogen-bond acceptors (Lipinski definition) is 6. The van der Waals surface area contributed by atoms with E-state index in [1.807, 2.05) is 6.92 Å². The van der Waals surface area contributed by atoms with E-state index < -0.39 is 35.4 Å². The zero-order valence-corrected chi connectivity index (χ0v) is 19.5. The van der Waals surface area contributed by atoms with Crippen LogP contribution in [0.3, 0.4) is 0 Å². The quantitative estimate of drug-likeness (QED) is 0.429. The molecule has 0 radical (unpaired) electrons. The maximum atomic E-state index is 14.4. The number of pyridine rings is 1. The first-order chi connectivity index (χ1) is 16.5. The molecule has 35 heavy (non-hydrogen) atoms. The molecule has 0 bridgehead atoms. The van der Waals surface area contributed by atoms with Crippen LogP contribution < -0.4 is 10.2 Å². The number of nitrogens with one attached hydrogen (secondary N) is 1. The summed E-state index contributed by atoms with van der Waals surface area (Å²) in [6.45, 7) is 2.51. The minimum Gasteiger partial charge on any atom is -0.481 e. The molecule has 13 heteroatoms. The Morgan fingerprint density at radius 1 is 1.29 bits per heavy atom. The molecule has 0 spiro atoms. The number of aromatic nitrogens is 2. The third-order valence-electron chi connectivity index (χ3n) is 5.62. The molecule has 184 valence electrons. The summed E-state index contributed by atoms with van der Waals surface area (Å²) in [4.78, 5) is 34.0. The Morgan fingerprint density at radius 3 is 2.66 bits per heavy atom. The molecule has 2 atom stereocenters. The molecule has 2 aromatic heterocycles. The number of amides is 1. The summed E-state index contributed by atoms with van der Waals surface area (Å²) in [6, 6.07) is 4.26. The molecule has 1 unspecified atom stereocenters. The van der Waals surface area contributed by atoms with E-state index in [1.54, 1.807) is 4.90 Å². The third kappa shape index (κ3) is 5.08.